The number of aromatic nitrogens is 3. The quantitative estimate of drug-likeness (QED) is 0.682. The van der Waals surface area contributed by atoms with Crippen LogP contribution in [0.3, 0.4) is 0 Å². The maximum Gasteiger partial charge on any atom is 0.317 e. The molecule has 2 saturated carbocycles. The zero-order chi connectivity index (χ0) is 24.8. The summed E-state index contributed by atoms with van der Waals surface area (Å²) in [5.74, 6) is -2.05. The van der Waals surface area contributed by atoms with E-state index in [9.17, 15) is 4.79 Å². The van der Waals surface area contributed by atoms with Crippen molar-refractivity contribution in [3.8, 4) is 0 Å². The van der Waals surface area contributed by atoms with Crippen LogP contribution in [0.1, 0.15) is 77.6 Å². The maximum atomic E-state index is 15.1. The van der Waals surface area contributed by atoms with Crippen molar-refractivity contribution in [3.05, 3.63) is 12.2 Å². The van der Waals surface area contributed by atoms with E-state index >= 15 is 8.78 Å². The highest BCUT2D eigenvalue weighted by atomic mass is 19.3. The van der Waals surface area contributed by atoms with Crippen molar-refractivity contribution in [2.45, 2.75) is 101 Å². The third-order valence-corrected chi connectivity index (χ3v) is 8.80. The summed E-state index contributed by atoms with van der Waals surface area (Å²) in [5.41, 5.74) is -0.190. The lowest BCUT2D eigenvalue weighted by Gasteiger charge is -2.48. The molecule has 5 rings (SSSR count). The molecule has 2 aliphatic carbocycles. The van der Waals surface area contributed by atoms with Gasteiger partial charge in [-0.2, -0.15) is 5.10 Å². The van der Waals surface area contributed by atoms with Crippen molar-refractivity contribution in [1.82, 2.24) is 34.8 Å². The summed E-state index contributed by atoms with van der Waals surface area (Å²) in [6, 6.07) is -0.866. The summed E-state index contributed by atoms with van der Waals surface area (Å²) in [4.78, 5) is 24.0. The van der Waals surface area contributed by atoms with Crippen LogP contribution in [0.15, 0.2) is 6.33 Å². The number of halogens is 2. The molecule has 2 aliphatic heterocycles. The molecule has 0 unspecified atom stereocenters. The third-order valence-electron chi connectivity index (χ3n) is 8.80. The van der Waals surface area contributed by atoms with Crippen LogP contribution in [-0.4, -0.2) is 98.8 Å². The number of amides is 2. The molecule has 4 fully saturated rings. The minimum absolute atomic E-state index is 0.159. The number of carbonyl (C=O) groups is 1. The first-order chi connectivity index (χ1) is 16.7. The van der Waals surface area contributed by atoms with Crippen LogP contribution in [0.5, 0.6) is 0 Å². The van der Waals surface area contributed by atoms with Gasteiger partial charge in [0.15, 0.2) is 5.82 Å². The molecule has 4 aliphatic rings. The summed E-state index contributed by atoms with van der Waals surface area (Å²) in [6.45, 7) is 10.9. The van der Waals surface area contributed by atoms with Gasteiger partial charge in [-0.05, 0) is 52.4 Å². The molecule has 2 atom stereocenters. The average Bonchev–Trinajstić information content (AvgIpc) is 3.56. The first-order valence-electron chi connectivity index (χ1n) is 13.5. The van der Waals surface area contributed by atoms with Gasteiger partial charge in [-0.1, -0.05) is 6.92 Å². The first kappa shape index (κ1) is 24.9. The number of hydrogen-bond acceptors (Lipinski definition) is 5. The standard InChI is InChI=1S/C25H41F2N7O/c1-18(2)31-13-15-32(16-14-31)20-5-4-8-25(26,27)21(20)29-23(35)33-11-9-24(3,10-12-33)22-28-17-34(30-22)19-6-7-19/h17-21H,4-16H2,1-3H3,(H,29,35)/t20-,21+/m0/s1. The normalized spacial score (nSPS) is 29.9. The van der Waals surface area contributed by atoms with E-state index in [0.717, 1.165) is 57.7 Å². The smallest absolute Gasteiger partial charge is 0.317 e. The lowest BCUT2D eigenvalue weighted by atomic mass is 9.79. The number of nitrogens with zero attached hydrogens (tertiary/aromatic N) is 6. The van der Waals surface area contributed by atoms with Gasteiger partial charge in [0.25, 0.3) is 5.92 Å². The summed E-state index contributed by atoms with van der Waals surface area (Å²) in [6.07, 6.45) is 6.65. The van der Waals surface area contributed by atoms with E-state index in [1.807, 2.05) is 11.0 Å². The molecular weight excluding hydrogens is 452 g/mol. The number of hydrogen-bond donors (Lipinski definition) is 1. The predicted octanol–water partition coefficient (Wildman–Crippen LogP) is 3.26. The monoisotopic (exact) mass is 493 g/mol. The fraction of sp³-hybridized carbons (Fsp3) is 0.880. The highest BCUT2D eigenvalue weighted by molar-refractivity contribution is 5.75. The number of rotatable bonds is 5. The van der Waals surface area contributed by atoms with Crippen molar-refractivity contribution in [1.29, 1.82) is 0 Å². The van der Waals surface area contributed by atoms with E-state index in [1.165, 1.54) is 0 Å². The van der Waals surface area contributed by atoms with Crippen molar-refractivity contribution >= 4 is 6.03 Å². The summed E-state index contributed by atoms with van der Waals surface area (Å²) in [5, 5.41) is 7.51. The Morgan fingerprint density at radius 1 is 1.06 bits per heavy atom. The molecule has 8 nitrogen and oxygen atoms in total. The van der Waals surface area contributed by atoms with Gasteiger partial charge in [-0.15, -0.1) is 0 Å². The number of nitrogens with one attached hydrogen (secondary N) is 1. The Labute approximate surface area is 207 Å². The van der Waals surface area contributed by atoms with Gasteiger partial charge in [0, 0.05) is 63.2 Å². The Balaban J connectivity index is 1.20. The van der Waals surface area contributed by atoms with Crippen LogP contribution < -0.4 is 5.32 Å². The number of alkyl halides is 2. The minimum atomic E-state index is -2.89. The molecule has 0 radical (unpaired) electrons. The highest BCUT2D eigenvalue weighted by Gasteiger charge is 2.50. The van der Waals surface area contributed by atoms with Gasteiger partial charge in [0.2, 0.25) is 0 Å². The average molecular weight is 494 g/mol. The molecular formula is C25H41F2N7O. The topological polar surface area (TPSA) is 69.5 Å². The van der Waals surface area contributed by atoms with Crippen LogP contribution in [0.25, 0.3) is 0 Å². The first-order valence-corrected chi connectivity index (χ1v) is 13.5. The summed E-state index contributed by atoms with van der Waals surface area (Å²) < 4.78 is 32.2. The van der Waals surface area contributed by atoms with Crippen LogP contribution >= 0.6 is 0 Å². The molecule has 2 amide bonds. The van der Waals surface area contributed by atoms with Gasteiger partial charge in [-0.25, -0.2) is 23.2 Å². The zero-order valence-electron chi connectivity index (χ0n) is 21.4. The number of piperazine rings is 1. The maximum absolute atomic E-state index is 15.1. The molecule has 1 N–H and O–H groups in total. The van der Waals surface area contributed by atoms with Crippen molar-refractivity contribution in [2.24, 2.45) is 0 Å². The molecule has 0 spiro atoms. The van der Waals surface area contributed by atoms with E-state index in [-0.39, 0.29) is 23.9 Å². The predicted molar refractivity (Wildman–Crippen MR) is 130 cm³/mol. The molecule has 1 aromatic rings. The van der Waals surface area contributed by atoms with Crippen LogP contribution in [-0.2, 0) is 5.41 Å². The van der Waals surface area contributed by atoms with Crippen molar-refractivity contribution in [3.63, 3.8) is 0 Å². The minimum Gasteiger partial charge on any atom is -0.328 e. The van der Waals surface area contributed by atoms with E-state index in [2.05, 4.69) is 40.9 Å². The fourth-order valence-corrected chi connectivity index (χ4v) is 6.05. The van der Waals surface area contributed by atoms with E-state index in [4.69, 9.17) is 5.10 Å². The van der Waals surface area contributed by atoms with E-state index in [1.54, 1.807) is 4.90 Å². The molecule has 0 aromatic carbocycles. The number of urea groups is 1. The SMILES string of the molecule is CC(C)N1CCN([C@H]2CCCC(F)(F)[C@@H]2NC(=O)N2CCC(C)(c3ncn(C4CC4)n3)CC2)CC1. The van der Waals surface area contributed by atoms with Gasteiger partial charge >= 0.3 is 6.03 Å². The van der Waals surface area contributed by atoms with E-state index < -0.39 is 12.0 Å². The second kappa shape index (κ2) is 9.57. The van der Waals surface area contributed by atoms with Crippen molar-refractivity contribution < 1.29 is 13.6 Å². The summed E-state index contributed by atoms with van der Waals surface area (Å²) >= 11 is 0. The largest absolute Gasteiger partial charge is 0.328 e. The molecule has 2 saturated heterocycles. The van der Waals surface area contributed by atoms with Crippen LogP contribution in [0.2, 0.25) is 0 Å². The molecule has 1 aromatic heterocycles. The van der Waals surface area contributed by atoms with Gasteiger partial charge < -0.3 is 10.2 Å². The third kappa shape index (κ3) is 5.19. The fourth-order valence-electron chi connectivity index (χ4n) is 6.05. The number of piperidine rings is 1. The Morgan fingerprint density at radius 3 is 2.37 bits per heavy atom. The van der Waals surface area contributed by atoms with Gasteiger partial charge in [0.1, 0.15) is 12.4 Å². The van der Waals surface area contributed by atoms with Gasteiger partial charge in [-0.3, -0.25) is 9.80 Å². The van der Waals surface area contributed by atoms with Crippen molar-refractivity contribution in [2.75, 3.05) is 39.3 Å². The highest BCUT2D eigenvalue weighted by Crippen LogP contribution is 2.38. The Morgan fingerprint density at radius 2 is 1.74 bits per heavy atom. The zero-order valence-corrected chi connectivity index (χ0v) is 21.4. The second-order valence-electron chi connectivity index (χ2n) is 11.6. The van der Waals surface area contributed by atoms with Crippen LogP contribution in [0.4, 0.5) is 13.6 Å². The lowest BCUT2D eigenvalue weighted by Crippen LogP contribution is -2.66. The Hall–Kier alpha value is -1.81. The molecule has 3 heterocycles. The Bertz CT molecular complexity index is 886. The van der Waals surface area contributed by atoms with E-state index in [0.29, 0.717) is 38.0 Å². The number of carbonyl (C=O) groups excluding carboxylic acids is 1. The molecule has 196 valence electrons. The Kier molecular flexibility index (Phi) is 6.80. The van der Waals surface area contributed by atoms with Gasteiger partial charge in [0.05, 0.1) is 6.04 Å². The number of likely N-dealkylation sites (tertiary alicyclic amines) is 1. The molecule has 0 bridgehead atoms. The molecule has 10 heteroatoms. The summed E-state index contributed by atoms with van der Waals surface area (Å²) in [7, 11) is 0. The molecule has 35 heavy (non-hydrogen) atoms. The second-order valence-corrected chi connectivity index (χ2v) is 11.6. The van der Waals surface area contributed by atoms with Crippen LogP contribution in [0, 0.1) is 0 Å². The lowest BCUT2D eigenvalue weighted by molar-refractivity contribution is -0.0973.